The number of alkyl halides is 3. The van der Waals surface area contributed by atoms with Crippen molar-refractivity contribution in [3.63, 3.8) is 0 Å². The molecule has 2 aromatic heterocycles. The second-order valence-corrected chi connectivity index (χ2v) is 9.19. The summed E-state index contributed by atoms with van der Waals surface area (Å²) < 4.78 is 33.6. The van der Waals surface area contributed by atoms with E-state index >= 15 is 0 Å². The first kappa shape index (κ1) is 23.5. The van der Waals surface area contributed by atoms with E-state index < -0.39 is 12.1 Å². The number of carbonyl (C=O) groups is 2. The molecule has 2 aliphatic carbocycles. The number of aliphatic carboxylic acids is 1. The summed E-state index contributed by atoms with van der Waals surface area (Å²) >= 11 is 0. The number of quaternary nitrogens is 1. The first-order chi connectivity index (χ1) is 15.6. The van der Waals surface area contributed by atoms with Crippen LogP contribution in [0.4, 0.5) is 13.2 Å². The van der Waals surface area contributed by atoms with E-state index in [1.807, 2.05) is 24.4 Å². The molecule has 8 nitrogen and oxygen atoms in total. The lowest BCUT2D eigenvalue weighted by Gasteiger charge is -2.16. The van der Waals surface area contributed by atoms with Crippen LogP contribution in [0, 0.1) is 11.8 Å². The number of aromatic nitrogens is 2. The number of H-pyrrole nitrogens is 1. The average Bonchev–Trinajstić information content (AvgIpc) is 3.69. The minimum Gasteiger partial charge on any atom is -0.542 e. The van der Waals surface area contributed by atoms with Crippen LogP contribution in [0.3, 0.4) is 0 Å². The molecule has 3 heterocycles. The molecule has 2 saturated carbocycles. The van der Waals surface area contributed by atoms with Gasteiger partial charge in [-0.2, -0.15) is 17.6 Å². The second kappa shape index (κ2) is 9.30. The lowest BCUT2D eigenvalue weighted by Crippen LogP contribution is -3.09. The molecule has 180 valence electrons. The van der Waals surface area contributed by atoms with Gasteiger partial charge in [-0.05, 0) is 49.7 Å². The summed E-state index contributed by atoms with van der Waals surface area (Å²) in [4.78, 5) is 26.6. The third-order valence-electron chi connectivity index (χ3n) is 6.46. The van der Waals surface area contributed by atoms with Crippen LogP contribution in [0.2, 0.25) is 0 Å². The molecule has 1 aliphatic heterocycles. The van der Waals surface area contributed by atoms with Gasteiger partial charge in [-0.25, -0.2) is 4.98 Å². The Morgan fingerprint density at radius 3 is 2.36 bits per heavy atom. The van der Waals surface area contributed by atoms with Gasteiger partial charge >= 0.3 is 12.0 Å². The van der Waals surface area contributed by atoms with E-state index in [-0.39, 0.29) is 12.0 Å². The third kappa shape index (κ3) is 5.83. The lowest BCUT2D eigenvalue weighted by molar-refractivity contribution is -0.908. The summed E-state index contributed by atoms with van der Waals surface area (Å²) in [6.07, 6.45) is 2.51. The highest BCUT2D eigenvalue weighted by atomic mass is 19.4. The molecule has 3 aliphatic rings. The summed E-state index contributed by atoms with van der Waals surface area (Å²) in [6, 6.07) is 6.34. The molecular weight excluding hydrogens is 441 g/mol. The molecule has 5 rings (SSSR count). The molecule has 0 bridgehead atoms. The molecule has 4 N–H and O–H groups in total. The van der Waals surface area contributed by atoms with Crippen LogP contribution < -0.4 is 19.7 Å². The number of amides is 1. The van der Waals surface area contributed by atoms with Crippen LogP contribution in [-0.4, -0.2) is 53.4 Å². The van der Waals surface area contributed by atoms with Crippen LogP contribution in [0.15, 0.2) is 24.4 Å². The highest BCUT2D eigenvalue weighted by Crippen LogP contribution is 2.44. The number of aromatic amines is 1. The fourth-order valence-corrected chi connectivity index (χ4v) is 4.51. The standard InChI is InChI=1S/C20H26N4O2.C2HF3O2/c25-15-8-10-23(11-15)12-17-21-19(16-3-1-2-9-24(16)17)20(26)22-18(13-4-5-13)14-6-7-14;3-2(4,5)1(6)7/h1-3,9,13-15,18,25H,4-8,10-12H2,(H,22,26);(H,6,7)/p+1. The van der Waals surface area contributed by atoms with Gasteiger partial charge < -0.3 is 25.2 Å². The molecule has 2 atom stereocenters. The van der Waals surface area contributed by atoms with Gasteiger partial charge in [-0.1, -0.05) is 6.07 Å². The van der Waals surface area contributed by atoms with Gasteiger partial charge in [-0.3, -0.25) is 4.79 Å². The van der Waals surface area contributed by atoms with Crippen molar-refractivity contribution in [2.75, 3.05) is 13.1 Å². The van der Waals surface area contributed by atoms with Crippen LogP contribution in [0.25, 0.3) is 5.52 Å². The Kier molecular flexibility index (Phi) is 6.62. The zero-order valence-electron chi connectivity index (χ0n) is 18.0. The molecule has 0 radical (unpaired) electrons. The smallest absolute Gasteiger partial charge is 0.430 e. The summed E-state index contributed by atoms with van der Waals surface area (Å²) in [5, 5.41) is 21.9. The number of nitrogens with zero attached hydrogens (tertiary/aromatic N) is 1. The van der Waals surface area contributed by atoms with Gasteiger partial charge in [0.15, 0.2) is 12.1 Å². The van der Waals surface area contributed by atoms with Gasteiger partial charge in [0.1, 0.15) is 18.6 Å². The fourth-order valence-electron chi connectivity index (χ4n) is 4.51. The monoisotopic (exact) mass is 469 g/mol. The number of aliphatic hydroxyl groups excluding tert-OH is 1. The van der Waals surface area contributed by atoms with E-state index in [1.165, 1.54) is 30.6 Å². The highest BCUT2D eigenvalue weighted by Gasteiger charge is 2.43. The summed E-state index contributed by atoms with van der Waals surface area (Å²) in [5.41, 5.74) is 1.61. The minimum atomic E-state index is -5.19. The van der Waals surface area contributed by atoms with Crippen molar-refractivity contribution in [2.24, 2.45) is 11.8 Å². The predicted octanol–water partition coefficient (Wildman–Crippen LogP) is -0.880. The molecule has 2 unspecified atom stereocenters. The number of carbonyl (C=O) groups excluding carboxylic acids is 2. The first-order valence-corrected chi connectivity index (χ1v) is 11.3. The zero-order valence-corrected chi connectivity index (χ0v) is 18.0. The van der Waals surface area contributed by atoms with E-state index in [2.05, 4.69) is 14.7 Å². The Balaban J connectivity index is 0.000000325. The third-order valence-corrected chi connectivity index (χ3v) is 6.46. The number of rotatable bonds is 6. The van der Waals surface area contributed by atoms with Crippen LogP contribution in [0.5, 0.6) is 0 Å². The van der Waals surface area contributed by atoms with Gasteiger partial charge in [0.05, 0.1) is 12.7 Å². The molecule has 33 heavy (non-hydrogen) atoms. The van der Waals surface area contributed by atoms with Crippen molar-refractivity contribution in [1.29, 1.82) is 0 Å². The number of halogens is 3. The first-order valence-electron chi connectivity index (χ1n) is 11.3. The maximum Gasteiger partial charge on any atom is 0.430 e. The zero-order chi connectivity index (χ0) is 23.8. The molecule has 2 aromatic rings. The molecule has 3 fully saturated rings. The maximum absolute atomic E-state index is 13.0. The van der Waals surface area contributed by atoms with E-state index in [4.69, 9.17) is 9.90 Å². The topological polar surface area (TPSA) is 114 Å². The van der Waals surface area contributed by atoms with Crippen molar-refractivity contribution in [3.05, 3.63) is 35.9 Å². The Morgan fingerprint density at radius 2 is 1.85 bits per heavy atom. The fraction of sp³-hybridized carbons (Fsp3) is 0.591. The van der Waals surface area contributed by atoms with Crippen molar-refractivity contribution in [3.8, 4) is 0 Å². The summed E-state index contributed by atoms with van der Waals surface area (Å²) in [6.45, 7) is 2.55. The maximum atomic E-state index is 13.0. The van der Waals surface area contributed by atoms with Crippen molar-refractivity contribution in [1.82, 2.24) is 10.3 Å². The predicted molar refractivity (Wildman–Crippen MR) is 107 cm³/mol. The Morgan fingerprint density at radius 1 is 1.21 bits per heavy atom. The number of nitrogens with one attached hydrogen (secondary N) is 3. The van der Waals surface area contributed by atoms with Crippen molar-refractivity contribution >= 4 is 17.4 Å². The number of hydrogen-bond acceptors (Lipinski definition) is 4. The lowest BCUT2D eigenvalue weighted by atomic mass is 10.1. The number of hydrogen-bond donors (Lipinski definition) is 4. The van der Waals surface area contributed by atoms with Gasteiger partial charge in [0.2, 0.25) is 5.69 Å². The molecule has 1 saturated heterocycles. The van der Waals surface area contributed by atoms with Crippen molar-refractivity contribution in [2.45, 2.75) is 57.0 Å². The van der Waals surface area contributed by atoms with Gasteiger partial charge in [-0.15, -0.1) is 0 Å². The molecular formula is C22H28F3N4O4+. The van der Waals surface area contributed by atoms with Crippen LogP contribution in [-0.2, 0) is 11.3 Å². The van der Waals surface area contributed by atoms with Crippen LogP contribution in [0.1, 0.15) is 48.4 Å². The SMILES string of the molecule is O=C(NC(C1CC1)C1CC1)c1[nH]c(C[NH+]2CCC(O)C2)[n+]2ccccc12.O=C([O-])C(F)(F)F. The Bertz CT molecular complexity index is 1000. The van der Waals surface area contributed by atoms with Crippen LogP contribution >= 0.6 is 0 Å². The average molecular weight is 469 g/mol. The van der Waals surface area contributed by atoms with Gasteiger partial charge in [0.25, 0.3) is 5.91 Å². The summed E-state index contributed by atoms with van der Waals surface area (Å²) in [5.74, 6) is -0.567. The number of imidazole rings is 1. The van der Waals surface area contributed by atoms with E-state index in [1.54, 1.807) is 0 Å². The number of carboxylic acid groups (broad SMARTS) is 1. The molecule has 11 heteroatoms. The second-order valence-electron chi connectivity index (χ2n) is 9.19. The minimum absolute atomic E-state index is 0.0280. The number of carboxylic acids is 1. The number of aliphatic hydroxyl groups is 1. The number of likely N-dealkylation sites (tertiary alicyclic amines) is 1. The normalized spacial score (nSPS) is 22.8. The number of fused-ring (bicyclic) bond motifs is 1. The van der Waals surface area contributed by atoms with E-state index in [0.717, 1.165) is 37.4 Å². The van der Waals surface area contributed by atoms with Crippen molar-refractivity contribution < 1.29 is 42.3 Å². The quantitative estimate of drug-likeness (QED) is 0.412. The summed E-state index contributed by atoms with van der Waals surface area (Å²) in [7, 11) is 0. The Hall–Kier alpha value is -2.66. The number of pyridine rings is 1. The van der Waals surface area contributed by atoms with E-state index in [0.29, 0.717) is 23.6 Å². The molecule has 0 aromatic carbocycles. The highest BCUT2D eigenvalue weighted by molar-refractivity contribution is 5.98. The molecule has 0 spiro atoms. The largest absolute Gasteiger partial charge is 0.542 e. The Labute approximate surface area is 188 Å². The molecule has 1 amide bonds. The van der Waals surface area contributed by atoms with Gasteiger partial charge in [0, 0.05) is 12.5 Å². The van der Waals surface area contributed by atoms with E-state index in [9.17, 15) is 23.1 Å².